The number of methoxy groups -OCH3 is 1. The second-order valence-corrected chi connectivity index (χ2v) is 11.8. The van der Waals surface area contributed by atoms with Crippen LogP contribution in [0.3, 0.4) is 0 Å². The highest BCUT2D eigenvalue weighted by atomic mass is 35.5. The molecule has 0 aliphatic carbocycles. The molecule has 3 saturated heterocycles. The molecule has 3 heterocycles. The van der Waals surface area contributed by atoms with Gasteiger partial charge in [-0.25, -0.2) is 0 Å². The van der Waals surface area contributed by atoms with E-state index in [1.807, 2.05) is 6.07 Å². The molecule has 0 radical (unpaired) electrons. The van der Waals surface area contributed by atoms with Gasteiger partial charge in [0.2, 0.25) is 0 Å². The summed E-state index contributed by atoms with van der Waals surface area (Å²) in [5.74, 6) is 1.80. The first kappa shape index (κ1) is 27.6. The smallest absolute Gasteiger partial charge is 0.139 e. The summed E-state index contributed by atoms with van der Waals surface area (Å²) >= 11 is 6.28. The van der Waals surface area contributed by atoms with E-state index in [1.165, 1.54) is 67.8 Å². The molecule has 0 unspecified atom stereocenters. The topological polar surface area (TPSA) is 31.4 Å². The van der Waals surface area contributed by atoms with Crippen LogP contribution in [0.25, 0.3) is 0 Å². The van der Waals surface area contributed by atoms with Crippen molar-refractivity contribution in [1.29, 1.82) is 0 Å². The van der Waals surface area contributed by atoms with Crippen LogP contribution in [0.15, 0.2) is 30.3 Å². The maximum atomic E-state index is 6.29. The number of piperidine rings is 1. The van der Waals surface area contributed by atoms with E-state index in [0.29, 0.717) is 17.1 Å². The number of likely N-dealkylation sites (N-methyl/N-ethyl adjacent to an activating group) is 1. The Hall–Kier alpha value is -1.99. The van der Waals surface area contributed by atoms with Gasteiger partial charge in [-0.3, -0.25) is 4.90 Å². The highest BCUT2D eigenvalue weighted by Gasteiger charge is 2.36. The lowest BCUT2D eigenvalue weighted by atomic mass is 9.86. The molecule has 5 rings (SSSR count). The fourth-order valence-corrected chi connectivity index (χ4v) is 6.73. The summed E-state index contributed by atoms with van der Waals surface area (Å²) in [6.45, 7) is 14.3. The van der Waals surface area contributed by atoms with Gasteiger partial charge in [0, 0.05) is 76.2 Å². The zero-order valence-electron chi connectivity index (χ0n) is 23.7. The standard InChI is InChI=1S/C31H45ClN4O2/c1-23-24(2)30(38-20-6-13-34-16-14-33(3)15-17-34)12-10-27(23)29-8-5-7-26-22-35(18-19-36(26)29)25-9-11-28(32)31(21-25)37-4/h9-12,21,26,29H,5-8,13-20,22H2,1-4H3/t26-,29+/m0/s1. The molecule has 2 aromatic carbocycles. The predicted octanol–water partition coefficient (Wildman–Crippen LogP) is 5.40. The van der Waals surface area contributed by atoms with Crippen LogP contribution >= 0.6 is 11.6 Å². The number of benzene rings is 2. The highest BCUT2D eigenvalue weighted by Crippen LogP contribution is 2.40. The monoisotopic (exact) mass is 540 g/mol. The second-order valence-electron chi connectivity index (χ2n) is 11.4. The van der Waals surface area contributed by atoms with Gasteiger partial charge in [-0.05, 0) is 81.5 Å². The van der Waals surface area contributed by atoms with Gasteiger partial charge in [0.1, 0.15) is 11.5 Å². The van der Waals surface area contributed by atoms with Gasteiger partial charge in [0.25, 0.3) is 0 Å². The van der Waals surface area contributed by atoms with E-state index in [9.17, 15) is 0 Å². The lowest BCUT2D eigenvalue weighted by Gasteiger charge is -2.49. The first-order valence-electron chi connectivity index (χ1n) is 14.4. The minimum absolute atomic E-state index is 0.487. The van der Waals surface area contributed by atoms with Crippen LogP contribution in [0.5, 0.6) is 11.5 Å². The summed E-state index contributed by atoms with van der Waals surface area (Å²) < 4.78 is 11.8. The van der Waals surface area contributed by atoms with E-state index in [1.54, 1.807) is 7.11 Å². The molecule has 6 nitrogen and oxygen atoms in total. The van der Waals surface area contributed by atoms with Crippen molar-refractivity contribution in [2.75, 3.05) is 78.0 Å². The Morgan fingerprint density at radius 3 is 2.53 bits per heavy atom. The molecule has 2 aromatic rings. The first-order chi connectivity index (χ1) is 18.4. The number of hydrogen-bond acceptors (Lipinski definition) is 6. The van der Waals surface area contributed by atoms with Crippen molar-refractivity contribution >= 4 is 17.3 Å². The number of anilines is 1. The molecule has 7 heteroatoms. The molecule has 3 fully saturated rings. The van der Waals surface area contributed by atoms with Crippen molar-refractivity contribution in [2.24, 2.45) is 0 Å². The lowest BCUT2D eigenvalue weighted by molar-refractivity contribution is 0.0712. The van der Waals surface area contributed by atoms with Gasteiger partial charge in [0.05, 0.1) is 18.7 Å². The number of ether oxygens (including phenoxy) is 2. The Balaban J connectivity index is 1.20. The Labute approximate surface area is 234 Å². The van der Waals surface area contributed by atoms with Crippen LogP contribution in [-0.2, 0) is 0 Å². The van der Waals surface area contributed by atoms with E-state index in [2.05, 4.69) is 64.8 Å². The van der Waals surface area contributed by atoms with E-state index < -0.39 is 0 Å². The van der Waals surface area contributed by atoms with Crippen LogP contribution in [-0.4, -0.2) is 93.9 Å². The van der Waals surface area contributed by atoms with E-state index in [0.717, 1.165) is 50.7 Å². The van der Waals surface area contributed by atoms with Crippen molar-refractivity contribution in [1.82, 2.24) is 14.7 Å². The summed E-state index contributed by atoms with van der Waals surface area (Å²) in [5.41, 5.74) is 5.39. The normalized spacial score (nSPS) is 23.3. The summed E-state index contributed by atoms with van der Waals surface area (Å²) in [7, 11) is 3.89. The largest absolute Gasteiger partial charge is 0.495 e. The van der Waals surface area contributed by atoms with Crippen molar-refractivity contribution in [3.8, 4) is 11.5 Å². The minimum Gasteiger partial charge on any atom is -0.495 e. The van der Waals surface area contributed by atoms with Crippen molar-refractivity contribution in [3.05, 3.63) is 52.0 Å². The number of fused-ring (bicyclic) bond motifs is 1. The molecular formula is C31H45ClN4O2. The van der Waals surface area contributed by atoms with Crippen molar-refractivity contribution in [2.45, 2.75) is 51.6 Å². The van der Waals surface area contributed by atoms with E-state index in [-0.39, 0.29) is 0 Å². The average Bonchev–Trinajstić information content (AvgIpc) is 2.94. The molecule has 3 aliphatic rings. The van der Waals surface area contributed by atoms with Gasteiger partial charge in [-0.2, -0.15) is 0 Å². The summed E-state index contributed by atoms with van der Waals surface area (Å²) in [4.78, 5) is 10.2. The van der Waals surface area contributed by atoms with Crippen LogP contribution in [0, 0.1) is 13.8 Å². The molecule has 0 N–H and O–H groups in total. The zero-order chi connectivity index (χ0) is 26.6. The summed E-state index contributed by atoms with van der Waals surface area (Å²) in [6, 6.07) is 11.8. The molecule has 0 saturated carbocycles. The van der Waals surface area contributed by atoms with Gasteiger partial charge in [-0.15, -0.1) is 0 Å². The van der Waals surface area contributed by atoms with Gasteiger partial charge in [0.15, 0.2) is 0 Å². The van der Waals surface area contributed by atoms with Crippen molar-refractivity contribution < 1.29 is 9.47 Å². The average molecular weight is 541 g/mol. The highest BCUT2D eigenvalue weighted by molar-refractivity contribution is 6.32. The predicted molar refractivity (Wildman–Crippen MR) is 157 cm³/mol. The van der Waals surface area contributed by atoms with Crippen LogP contribution in [0.2, 0.25) is 5.02 Å². The SMILES string of the molecule is COc1cc(N2CCN3[C@@H](CCC[C@@H]3c3ccc(OCCCN4CCN(C)CC4)c(C)c3C)C2)ccc1Cl. The Morgan fingerprint density at radius 2 is 1.74 bits per heavy atom. The molecule has 3 aliphatic heterocycles. The molecular weight excluding hydrogens is 496 g/mol. The Kier molecular flexibility index (Phi) is 9.04. The molecule has 0 bridgehead atoms. The van der Waals surface area contributed by atoms with Crippen LogP contribution in [0.1, 0.15) is 48.4 Å². The van der Waals surface area contributed by atoms with E-state index >= 15 is 0 Å². The minimum atomic E-state index is 0.487. The van der Waals surface area contributed by atoms with Crippen molar-refractivity contribution in [3.63, 3.8) is 0 Å². The van der Waals surface area contributed by atoms with Gasteiger partial charge < -0.3 is 24.2 Å². The molecule has 208 valence electrons. The third-order valence-corrected chi connectivity index (χ3v) is 9.37. The Morgan fingerprint density at radius 1 is 0.921 bits per heavy atom. The quantitative estimate of drug-likeness (QED) is 0.417. The number of rotatable bonds is 8. The molecule has 38 heavy (non-hydrogen) atoms. The summed E-state index contributed by atoms with van der Waals surface area (Å²) in [6.07, 6.45) is 4.84. The molecule has 0 aromatic heterocycles. The van der Waals surface area contributed by atoms with Gasteiger partial charge >= 0.3 is 0 Å². The second kappa shape index (κ2) is 12.5. The molecule has 0 spiro atoms. The first-order valence-corrected chi connectivity index (χ1v) is 14.8. The fourth-order valence-electron chi connectivity index (χ4n) is 6.54. The number of nitrogens with zero attached hydrogens (tertiary/aromatic N) is 4. The number of hydrogen-bond donors (Lipinski definition) is 0. The zero-order valence-corrected chi connectivity index (χ0v) is 24.5. The van der Waals surface area contributed by atoms with Crippen LogP contribution in [0.4, 0.5) is 5.69 Å². The van der Waals surface area contributed by atoms with E-state index in [4.69, 9.17) is 21.1 Å². The summed E-state index contributed by atoms with van der Waals surface area (Å²) in [5, 5.41) is 0.668. The third-order valence-electron chi connectivity index (χ3n) is 9.05. The maximum absolute atomic E-state index is 6.29. The Bertz CT molecular complexity index is 1090. The number of piperazine rings is 2. The molecule has 2 atom stereocenters. The van der Waals surface area contributed by atoms with Crippen LogP contribution < -0.4 is 14.4 Å². The maximum Gasteiger partial charge on any atom is 0.139 e. The molecule has 0 amide bonds. The third kappa shape index (κ3) is 6.09. The number of halogens is 1. The van der Waals surface area contributed by atoms with Gasteiger partial charge in [-0.1, -0.05) is 17.7 Å². The fraction of sp³-hybridized carbons (Fsp3) is 0.613. The lowest BCUT2D eigenvalue weighted by Crippen LogP contribution is -2.56.